The Morgan fingerprint density at radius 3 is 2.20 bits per heavy atom. The summed E-state index contributed by atoms with van der Waals surface area (Å²) in [6.45, 7) is 1.13. The lowest BCUT2D eigenvalue weighted by molar-refractivity contribution is -0.140. The number of amides is 1. The summed E-state index contributed by atoms with van der Waals surface area (Å²) in [6, 6.07) is 14.7. The first kappa shape index (κ1) is 23.4. The van der Waals surface area contributed by atoms with Crippen molar-refractivity contribution in [3.05, 3.63) is 82.5 Å². The van der Waals surface area contributed by atoms with Gasteiger partial charge in [-0.2, -0.15) is 0 Å². The maximum absolute atomic E-state index is 13.7. The molecule has 9 nitrogen and oxygen atoms in total. The molecule has 178 valence electrons. The Balaban J connectivity index is 2.04. The number of rotatable bonds is 6. The maximum atomic E-state index is 13.7. The van der Waals surface area contributed by atoms with E-state index in [1.807, 2.05) is 0 Å². The summed E-state index contributed by atoms with van der Waals surface area (Å²) in [5, 5.41) is 39.7. The Kier molecular flexibility index (Phi) is 6.16. The van der Waals surface area contributed by atoms with Gasteiger partial charge in [0, 0.05) is 31.0 Å². The molecule has 0 fully saturated rings. The molecule has 0 saturated heterocycles. The lowest BCUT2D eigenvalue weighted by Gasteiger charge is -2.29. The van der Waals surface area contributed by atoms with Gasteiger partial charge in [0.05, 0.1) is 0 Å². The van der Waals surface area contributed by atoms with Crippen molar-refractivity contribution in [2.45, 2.75) is 19.4 Å². The van der Waals surface area contributed by atoms with Gasteiger partial charge in [-0.1, -0.05) is 30.3 Å². The molecule has 0 saturated carbocycles. The van der Waals surface area contributed by atoms with Gasteiger partial charge in [-0.15, -0.1) is 0 Å². The molecule has 4 rings (SSSR count). The van der Waals surface area contributed by atoms with E-state index in [1.54, 1.807) is 30.3 Å². The van der Waals surface area contributed by atoms with Crippen molar-refractivity contribution in [2.75, 3.05) is 4.90 Å². The summed E-state index contributed by atoms with van der Waals surface area (Å²) in [4.78, 5) is 39.8. The lowest BCUT2D eigenvalue weighted by Crippen LogP contribution is -2.48. The molecular formula is C26H21NO8. The summed E-state index contributed by atoms with van der Waals surface area (Å²) in [5.41, 5.74) is -0.538. The predicted molar refractivity (Wildman–Crippen MR) is 128 cm³/mol. The first-order valence-corrected chi connectivity index (χ1v) is 10.6. The first-order valence-electron chi connectivity index (χ1n) is 10.6. The highest BCUT2D eigenvalue weighted by Gasteiger charge is 2.35. The number of phenolic OH excluding ortho intramolecular Hbond substituents is 3. The van der Waals surface area contributed by atoms with Crippen molar-refractivity contribution in [1.29, 1.82) is 0 Å². The second kappa shape index (κ2) is 9.22. The third-order valence-corrected chi connectivity index (χ3v) is 5.51. The SMILES string of the molecule is CC(=O)N(c1c(-c2ccc(O)cc2)oc2cc(O)cc(O)c2c1=O)[C@@H](Cc1ccccc1)C(=O)O. The van der Waals surface area contributed by atoms with Crippen LogP contribution < -0.4 is 10.3 Å². The third kappa shape index (κ3) is 4.51. The Morgan fingerprint density at radius 1 is 0.943 bits per heavy atom. The molecule has 0 radical (unpaired) electrons. The zero-order chi connectivity index (χ0) is 25.3. The van der Waals surface area contributed by atoms with E-state index in [4.69, 9.17) is 4.42 Å². The van der Waals surface area contributed by atoms with Crippen LogP contribution in [0.15, 0.2) is 75.9 Å². The van der Waals surface area contributed by atoms with Gasteiger partial charge in [-0.05, 0) is 29.8 Å². The van der Waals surface area contributed by atoms with Gasteiger partial charge in [0.25, 0.3) is 0 Å². The van der Waals surface area contributed by atoms with E-state index in [2.05, 4.69) is 0 Å². The zero-order valence-electron chi connectivity index (χ0n) is 18.5. The summed E-state index contributed by atoms with van der Waals surface area (Å²) in [7, 11) is 0. The molecule has 0 unspecified atom stereocenters. The Labute approximate surface area is 198 Å². The van der Waals surface area contributed by atoms with Crippen molar-refractivity contribution < 1.29 is 34.4 Å². The quantitative estimate of drug-likeness (QED) is 0.330. The molecule has 1 amide bonds. The van der Waals surface area contributed by atoms with Crippen LogP contribution in [0.5, 0.6) is 17.2 Å². The van der Waals surface area contributed by atoms with Crippen LogP contribution in [-0.2, 0) is 16.0 Å². The molecule has 0 spiro atoms. The molecule has 0 aliphatic rings. The molecule has 1 heterocycles. The molecule has 0 aliphatic carbocycles. The number of anilines is 1. The monoisotopic (exact) mass is 475 g/mol. The van der Waals surface area contributed by atoms with Gasteiger partial charge in [0.1, 0.15) is 39.9 Å². The fraction of sp³-hybridized carbons (Fsp3) is 0.115. The normalized spacial score (nSPS) is 11.8. The van der Waals surface area contributed by atoms with Crippen molar-refractivity contribution in [1.82, 2.24) is 0 Å². The fourth-order valence-corrected chi connectivity index (χ4v) is 3.96. The Bertz CT molecular complexity index is 1480. The first-order chi connectivity index (χ1) is 16.7. The Morgan fingerprint density at radius 2 is 1.60 bits per heavy atom. The van der Waals surface area contributed by atoms with Gasteiger partial charge in [0.15, 0.2) is 5.76 Å². The van der Waals surface area contributed by atoms with Crippen molar-refractivity contribution >= 4 is 28.5 Å². The number of aliphatic carboxylic acids is 1. The van der Waals surface area contributed by atoms with Gasteiger partial charge in [-0.25, -0.2) is 4.79 Å². The van der Waals surface area contributed by atoms with Crippen LogP contribution in [0.3, 0.4) is 0 Å². The van der Waals surface area contributed by atoms with Gasteiger partial charge in [0.2, 0.25) is 11.3 Å². The number of nitrogens with zero attached hydrogens (tertiary/aromatic N) is 1. The van der Waals surface area contributed by atoms with Crippen LogP contribution in [0.25, 0.3) is 22.3 Å². The molecule has 4 aromatic rings. The summed E-state index contributed by atoms with van der Waals surface area (Å²) in [6.07, 6.45) is -0.107. The second-order valence-electron chi connectivity index (χ2n) is 7.93. The van der Waals surface area contributed by atoms with E-state index < -0.39 is 29.1 Å². The van der Waals surface area contributed by atoms with Crippen LogP contribution in [-0.4, -0.2) is 38.3 Å². The summed E-state index contributed by atoms with van der Waals surface area (Å²) < 4.78 is 5.88. The molecular weight excluding hydrogens is 454 g/mol. The molecule has 3 aromatic carbocycles. The van der Waals surface area contributed by atoms with E-state index in [1.165, 1.54) is 24.3 Å². The highest BCUT2D eigenvalue weighted by molar-refractivity contribution is 6.03. The van der Waals surface area contributed by atoms with Gasteiger partial charge < -0.3 is 24.8 Å². The van der Waals surface area contributed by atoms with Crippen LogP contribution in [0.2, 0.25) is 0 Å². The number of carboxylic acids is 1. The topological polar surface area (TPSA) is 149 Å². The zero-order valence-corrected chi connectivity index (χ0v) is 18.5. The van der Waals surface area contributed by atoms with Crippen LogP contribution in [0.1, 0.15) is 12.5 Å². The van der Waals surface area contributed by atoms with E-state index in [0.29, 0.717) is 5.56 Å². The maximum Gasteiger partial charge on any atom is 0.327 e. The minimum atomic E-state index is -1.48. The van der Waals surface area contributed by atoms with Gasteiger partial charge >= 0.3 is 5.97 Å². The van der Waals surface area contributed by atoms with Gasteiger partial charge in [-0.3, -0.25) is 14.5 Å². The molecule has 9 heteroatoms. The average molecular weight is 475 g/mol. The number of carbonyl (C=O) groups excluding carboxylic acids is 1. The second-order valence-corrected chi connectivity index (χ2v) is 7.93. The van der Waals surface area contributed by atoms with Crippen LogP contribution in [0, 0.1) is 0 Å². The van der Waals surface area contributed by atoms with Crippen molar-refractivity contribution in [3.8, 4) is 28.6 Å². The molecule has 0 bridgehead atoms. The number of hydrogen-bond donors (Lipinski definition) is 4. The van der Waals surface area contributed by atoms with E-state index in [-0.39, 0.29) is 45.9 Å². The standard InChI is InChI=1S/C26H21NO8/c1-14(28)27(19(26(33)34)11-15-5-3-2-4-6-15)23-24(32)22-20(31)12-18(30)13-21(22)35-25(23)16-7-9-17(29)10-8-16/h2-10,12-13,19,29-31H,11H2,1H3,(H,33,34)/t19-/m0/s1. The molecule has 1 atom stereocenters. The van der Waals surface area contributed by atoms with E-state index in [0.717, 1.165) is 24.0 Å². The van der Waals surface area contributed by atoms with Crippen LogP contribution >= 0.6 is 0 Å². The number of hydrogen-bond acceptors (Lipinski definition) is 7. The number of phenols is 3. The number of benzene rings is 3. The molecule has 0 aliphatic heterocycles. The minimum Gasteiger partial charge on any atom is -0.508 e. The predicted octanol–water partition coefficient (Wildman–Crippen LogP) is 3.63. The number of aromatic hydroxyl groups is 3. The van der Waals surface area contributed by atoms with Crippen molar-refractivity contribution in [3.63, 3.8) is 0 Å². The lowest BCUT2D eigenvalue weighted by atomic mass is 10.0. The van der Waals surface area contributed by atoms with Crippen molar-refractivity contribution in [2.24, 2.45) is 0 Å². The van der Waals surface area contributed by atoms with E-state index in [9.17, 15) is 34.8 Å². The largest absolute Gasteiger partial charge is 0.508 e. The fourth-order valence-electron chi connectivity index (χ4n) is 3.96. The minimum absolute atomic E-state index is 0.0651. The average Bonchev–Trinajstić information content (AvgIpc) is 2.80. The number of carboxylic acid groups (broad SMARTS) is 1. The third-order valence-electron chi connectivity index (χ3n) is 5.51. The Hall–Kier alpha value is -4.79. The summed E-state index contributed by atoms with van der Waals surface area (Å²) >= 11 is 0. The number of carbonyl (C=O) groups is 2. The summed E-state index contributed by atoms with van der Waals surface area (Å²) in [5.74, 6) is -3.27. The van der Waals surface area contributed by atoms with Crippen LogP contribution in [0.4, 0.5) is 5.69 Å². The molecule has 35 heavy (non-hydrogen) atoms. The molecule has 4 N–H and O–H groups in total. The molecule has 1 aromatic heterocycles. The smallest absolute Gasteiger partial charge is 0.327 e. The van der Waals surface area contributed by atoms with E-state index >= 15 is 0 Å². The highest BCUT2D eigenvalue weighted by atomic mass is 16.4. The number of fused-ring (bicyclic) bond motifs is 1. The highest BCUT2D eigenvalue weighted by Crippen LogP contribution is 2.37.